The second-order valence-electron chi connectivity index (χ2n) is 2.87. The Morgan fingerprint density at radius 2 is 2.36 bits per heavy atom. The molecule has 1 aromatic rings. The van der Waals surface area contributed by atoms with Gasteiger partial charge in [-0.25, -0.2) is 0 Å². The summed E-state index contributed by atoms with van der Waals surface area (Å²) < 4.78 is 6.31. The molecule has 0 saturated heterocycles. The first-order valence-corrected chi connectivity index (χ1v) is 5.14. The van der Waals surface area contributed by atoms with Gasteiger partial charge in [-0.2, -0.15) is 0 Å². The molecule has 0 bridgehead atoms. The van der Waals surface area contributed by atoms with E-state index in [1.807, 2.05) is 19.1 Å². The van der Waals surface area contributed by atoms with Crippen molar-refractivity contribution in [3.63, 3.8) is 0 Å². The average molecular weight is 258 g/mol. The minimum Gasteiger partial charge on any atom is -0.481 e. The van der Waals surface area contributed by atoms with Crippen LogP contribution >= 0.6 is 15.9 Å². The number of halogens is 1. The number of amides is 1. The normalized spacial score (nSPS) is 12.1. The van der Waals surface area contributed by atoms with E-state index in [1.165, 1.54) is 0 Å². The monoisotopic (exact) mass is 257 g/mol. The molecule has 1 atom stereocenters. The number of carbonyl (C=O) groups excluding carboxylic acids is 1. The van der Waals surface area contributed by atoms with Crippen LogP contribution in [0.5, 0.6) is 5.75 Å². The zero-order valence-electron chi connectivity index (χ0n) is 7.87. The van der Waals surface area contributed by atoms with Gasteiger partial charge < -0.3 is 10.5 Å². The molecule has 0 fully saturated rings. The van der Waals surface area contributed by atoms with Gasteiger partial charge in [-0.15, -0.1) is 0 Å². The predicted octanol–water partition coefficient (Wildman–Crippen LogP) is 2.09. The molecular weight excluding hydrogens is 246 g/mol. The van der Waals surface area contributed by atoms with Crippen molar-refractivity contribution in [1.82, 2.24) is 0 Å². The first-order chi connectivity index (χ1) is 6.63. The van der Waals surface area contributed by atoms with Crippen LogP contribution in [-0.4, -0.2) is 12.0 Å². The third-order valence-corrected chi connectivity index (χ3v) is 2.26. The number of hydrogen-bond donors (Lipinski definition) is 1. The first-order valence-electron chi connectivity index (χ1n) is 4.35. The van der Waals surface area contributed by atoms with Gasteiger partial charge >= 0.3 is 0 Å². The Kier molecular flexibility index (Phi) is 3.95. The van der Waals surface area contributed by atoms with Gasteiger partial charge in [-0.05, 0) is 24.6 Å². The van der Waals surface area contributed by atoms with E-state index in [-0.39, 0.29) is 0 Å². The van der Waals surface area contributed by atoms with Gasteiger partial charge in [0.2, 0.25) is 0 Å². The molecule has 0 aliphatic heterocycles. The SMILES string of the molecule is CCC(Oc1cccc(Br)c1)C(N)=O. The molecule has 76 valence electrons. The fourth-order valence-electron chi connectivity index (χ4n) is 1.05. The van der Waals surface area contributed by atoms with Crippen molar-refractivity contribution < 1.29 is 9.53 Å². The molecule has 0 aliphatic rings. The fourth-order valence-corrected chi connectivity index (χ4v) is 1.43. The Hall–Kier alpha value is -1.03. The average Bonchev–Trinajstić information content (AvgIpc) is 2.14. The number of ether oxygens (including phenoxy) is 1. The van der Waals surface area contributed by atoms with E-state index in [4.69, 9.17) is 10.5 Å². The topological polar surface area (TPSA) is 52.3 Å². The summed E-state index contributed by atoms with van der Waals surface area (Å²) in [6.07, 6.45) is 0.0197. The molecule has 1 rings (SSSR count). The molecular formula is C10H12BrNO2. The lowest BCUT2D eigenvalue weighted by Gasteiger charge is -2.13. The molecule has 1 unspecified atom stereocenters. The summed E-state index contributed by atoms with van der Waals surface area (Å²) in [6.45, 7) is 1.85. The summed E-state index contributed by atoms with van der Waals surface area (Å²) in [4.78, 5) is 10.9. The van der Waals surface area contributed by atoms with Crippen molar-refractivity contribution in [2.24, 2.45) is 5.73 Å². The number of hydrogen-bond acceptors (Lipinski definition) is 2. The van der Waals surface area contributed by atoms with Crippen LogP contribution in [0.2, 0.25) is 0 Å². The highest BCUT2D eigenvalue weighted by molar-refractivity contribution is 9.10. The number of rotatable bonds is 4. The van der Waals surface area contributed by atoms with Crippen LogP contribution in [0.25, 0.3) is 0 Å². The van der Waals surface area contributed by atoms with Gasteiger partial charge in [0.05, 0.1) is 0 Å². The molecule has 2 N–H and O–H groups in total. The van der Waals surface area contributed by atoms with Crippen molar-refractivity contribution in [2.75, 3.05) is 0 Å². The molecule has 0 aromatic heterocycles. The highest BCUT2D eigenvalue weighted by atomic mass is 79.9. The van der Waals surface area contributed by atoms with E-state index in [2.05, 4.69) is 15.9 Å². The molecule has 0 aliphatic carbocycles. The van der Waals surface area contributed by atoms with Gasteiger partial charge in [0.1, 0.15) is 5.75 Å². The summed E-state index contributed by atoms with van der Waals surface area (Å²) >= 11 is 3.31. The zero-order valence-corrected chi connectivity index (χ0v) is 9.45. The molecule has 4 heteroatoms. The molecule has 0 heterocycles. The van der Waals surface area contributed by atoms with Crippen LogP contribution in [0, 0.1) is 0 Å². The van der Waals surface area contributed by atoms with E-state index in [9.17, 15) is 4.79 Å². The van der Waals surface area contributed by atoms with Gasteiger partial charge in [-0.3, -0.25) is 4.79 Å². The summed E-state index contributed by atoms with van der Waals surface area (Å²) in [5.41, 5.74) is 5.16. The van der Waals surface area contributed by atoms with Crippen LogP contribution in [0.4, 0.5) is 0 Å². The van der Waals surface area contributed by atoms with Crippen LogP contribution in [0.1, 0.15) is 13.3 Å². The van der Waals surface area contributed by atoms with E-state index in [1.54, 1.807) is 12.1 Å². The minimum absolute atomic E-state index is 0.438. The Bertz CT molecular complexity index is 328. The second kappa shape index (κ2) is 5.00. The summed E-state index contributed by atoms with van der Waals surface area (Å²) in [6, 6.07) is 7.31. The lowest BCUT2D eigenvalue weighted by atomic mass is 10.2. The van der Waals surface area contributed by atoms with E-state index in [0.717, 1.165) is 4.47 Å². The van der Waals surface area contributed by atoms with Crippen LogP contribution in [0.3, 0.4) is 0 Å². The maximum atomic E-state index is 10.9. The Labute approximate surface area is 91.4 Å². The maximum Gasteiger partial charge on any atom is 0.258 e. The second-order valence-corrected chi connectivity index (χ2v) is 3.79. The lowest BCUT2D eigenvalue weighted by Crippen LogP contribution is -2.32. The minimum atomic E-state index is -0.552. The predicted molar refractivity (Wildman–Crippen MR) is 58.0 cm³/mol. The van der Waals surface area contributed by atoms with E-state index in [0.29, 0.717) is 12.2 Å². The Balaban J connectivity index is 2.72. The fraction of sp³-hybridized carbons (Fsp3) is 0.300. The summed E-state index contributed by atoms with van der Waals surface area (Å²) in [5, 5.41) is 0. The van der Waals surface area contributed by atoms with E-state index >= 15 is 0 Å². The standard InChI is InChI=1S/C10H12BrNO2/c1-2-9(10(12)13)14-8-5-3-4-7(11)6-8/h3-6,9H,2H2,1H3,(H2,12,13). The summed E-state index contributed by atoms with van der Waals surface area (Å²) in [7, 11) is 0. The summed E-state index contributed by atoms with van der Waals surface area (Å²) in [5.74, 6) is 0.206. The zero-order chi connectivity index (χ0) is 10.6. The molecule has 1 aromatic carbocycles. The molecule has 0 spiro atoms. The van der Waals surface area contributed by atoms with Gasteiger partial charge in [-0.1, -0.05) is 28.9 Å². The van der Waals surface area contributed by atoms with Crippen molar-refractivity contribution in [3.8, 4) is 5.75 Å². The largest absolute Gasteiger partial charge is 0.481 e. The van der Waals surface area contributed by atoms with Crippen molar-refractivity contribution in [2.45, 2.75) is 19.4 Å². The third kappa shape index (κ3) is 3.03. The van der Waals surface area contributed by atoms with Gasteiger partial charge in [0.25, 0.3) is 5.91 Å². The van der Waals surface area contributed by atoms with Crippen LogP contribution < -0.4 is 10.5 Å². The lowest BCUT2D eigenvalue weighted by molar-refractivity contribution is -0.124. The highest BCUT2D eigenvalue weighted by Crippen LogP contribution is 2.19. The Morgan fingerprint density at radius 1 is 1.64 bits per heavy atom. The van der Waals surface area contributed by atoms with Crippen molar-refractivity contribution in [1.29, 1.82) is 0 Å². The molecule has 14 heavy (non-hydrogen) atoms. The van der Waals surface area contributed by atoms with Crippen LogP contribution in [-0.2, 0) is 4.79 Å². The number of carbonyl (C=O) groups is 1. The van der Waals surface area contributed by atoms with Gasteiger partial charge in [0.15, 0.2) is 6.10 Å². The van der Waals surface area contributed by atoms with Crippen LogP contribution in [0.15, 0.2) is 28.7 Å². The quantitative estimate of drug-likeness (QED) is 0.898. The Morgan fingerprint density at radius 3 is 2.86 bits per heavy atom. The number of nitrogens with two attached hydrogens (primary N) is 1. The van der Waals surface area contributed by atoms with Gasteiger partial charge in [0, 0.05) is 4.47 Å². The maximum absolute atomic E-state index is 10.9. The molecule has 0 saturated carbocycles. The van der Waals surface area contributed by atoms with E-state index < -0.39 is 12.0 Å². The molecule has 0 radical (unpaired) electrons. The smallest absolute Gasteiger partial charge is 0.258 e. The number of benzene rings is 1. The first kappa shape index (κ1) is 11.0. The molecule has 3 nitrogen and oxygen atoms in total. The highest BCUT2D eigenvalue weighted by Gasteiger charge is 2.14. The van der Waals surface area contributed by atoms with Crippen molar-refractivity contribution >= 4 is 21.8 Å². The molecule has 1 amide bonds. The third-order valence-electron chi connectivity index (χ3n) is 1.76. The van der Waals surface area contributed by atoms with Crippen molar-refractivity contribution in [3.05, 3.63) is 28.7 Å². The number of primary amides is 1.